The van der Waals surface area contributed by atoms with Crippen molar-refractivity contribution in [3.8, 4) is 0 Å². The topological polar surface area (TPSA) is 88.2 Å². The van der Waals surface area contributed by atoms with Gasteiger partial charge < -0.3 is 20.6 Å². The lowest BCUT2D eigenvalue weighted by molar-refractivity contribution is 0.0539. The molecule has 0 radical (unpaired) electrons. The standard InChI is InChI=1S/C15H21N3O3/c1-2-18(10-13-7-4-8-21-13)15(19)12-6-3-5-11(9-12)14(16)17-20/h3,5-6,9,13,20H,2,4,7-8,10H2,1H3,(H2,16,17). The molecule has 1 aliphatic heterocycles. The molecule has 1 saturated heterocycles. The molecule has 0 bridgehead atoms. The summed E-state index contributed by atoms with van der Waals surface area (Å²) in [5.41, 5.74) is 6.61. The Labute approximate surface area is 124 Å². The van der Waals surface area contributed by atoms with E-state index < -0.39 is 0 Å². The van der Waals surface area contributed by atoms with Gasteiger partial charge in [-0.05, 0) is 31.9 Å². The van der Waals surface area contributed by atoms with E-state index in [2.05, 4.69) is 5.16 Å². The summed E-state index contributed by atoms with van der Waals surface area (Å²) in [7, 11) is 0. The number of rotatable bonds is 5. The molecule has 6 heteroatoms. The van der Waals surface area contributed by atoms with E-state index in [1.807, 2.05) is 6.92 Å². The molecule has 1 aliphatic rings. The molecule has 3 N–H and O–H groups in total. The monoisotopic (exact) mass is 291 g/mol. The van der Waals surface area contributed by atoms with Crippen molar-refractivity contribution in [2.24, 2.45) is 10.9 Å². The maximum Gasteiger partial charge on any atom is 0.253 e. The van der Waals surface area contributed by atoms with Gasteiger partial charge in [0.25, 0.3) is 5.91 Å². The van der Waals surface area contributed by atoms with Gasteiger partial charge in [-0.15, -0.1) is 0 Å². The third kappa shape index (κ3) is 3.72. The van der Waals surface area contributed by atoms with Crippen LogP contribution in [0, 0.1) is 0 Å². The molecule has 2 rings (SSSR count). The summed E-state index contributed by atoms with van der Waals surface area (Å²) in [5, 5.41) is 11.7. The zero-order chi connectivity index (χ0) is 15.2. The Bertz CT molecular complexity index is 525. The summed E-state index contributed by atoms with van der Waals surface area (Å²) in [6, 6.07) is 6.78. The van der Waals surface area contributed by atoms with Gasteiger partial charge in [0.05, 0.1) is 6.10 Å². The number of benzene rings is 1. The molecule has 0 aliphatic carbocycles. The van der Waals surface area contributed by atoms with E-state index in [0.717, 1.165) is 19.4 Å². The molecule has 1 atom stereocenters. The molecule has 1 unspecified atom stereocenters. The Morgan fingerprint density at radius 1 is 1.52 bits per heavy atom. The lowest BCUT2D eigenvalue weighted by atomic mass is 10.1. The van der Waals surface area contributed by atoms with Crippen molar-refractivity contribution in [2.75, 3.05) is 19.7 Å². The average Bonchev–Trinajstić information content (AvgIpc) is 3.04. The SMILES string of the molecule is CCN(CC1CCCO1)C(=O)c1cccc(C(N)=NO)c1. The van der Waals surface area contributed by atoms with Crippen molar-refractivity contribution >= 4 is 11.7 Å². The van der Waals surface area contributed by atoms with Gasteiger partial charge in [0.15, 0.2) is 5.84 Å². The van der Waals surface area contributed by atoms with Crippen molar-refractivity contribution in [1.29, 1.82) is 0 Å². The molecular weight excluding hydrogens is 270 g/mol. The first-order valence-corrected chi connectivity index (χ1v) is 7.14. The maximum atomic E-state index is 12.6. The number of nitrogens with zero attached hydrogens (tertiary/aromatic N) is 2. The van der Waals surface area contributed by atoms with E-state index in [9.17, 15) is 4.79 Å². The summed E-state index contributed by atoms with van der Waals surface area (Å²) < 4.78 is 5.58. The summed E-state index contributed by atoms with van der Waals surface area (Å²) >= 11 is 0. The predicted octanol–water partition coefficient (Wildman–Crippen LogP) is 1.42. The summed E-state index contributed by atoms with van der Waals surface area (Å²) in [5.74, 6) is -0.0765. The van der Waals surface area contributed by atoms with Gasteiger partial charge in [-0.1, -0.05) is 17.3 Å². The molecule has 1 amide bonds. The van der Waals surface area contributed by atoms with Crippen LogP contribution in [0.15, 0.2) is 29.4 Å². The third-order valence-electron chi connectivity index (χ3n) is 3.63. The highest BCUT2D eigenvalue weighted by Crippen LogP contribution is 2.15. The highest BCUT2D eigenvalue weighted by molar-refractivity contribution is 6.01. The largest absolute Gasteiger partial charge is 0.409 e. The average molecular weight is 291 g/mol. The number of hydrogen-bond donors (Lipinski definition) is 2. The second-order valence-electron chi connectivity index (χ2n) is 5.04. The van der Waals surface area contributed by atoms with Gasteiger partial charge in [-0.3, -0.25) is 4.79 Å². The molecule has 0 saturated carbocycles. The minimum absolute atomic E-state index is 0.00757. The van der Waals surface area contributed by atoms with E-state index in [0.29, 0.717) is 24.2 Å². The van der Waals surface area contributed by atoms with E-state index in [1.165, 1.54) is 0 Å². The van der Waals surface area contributed by atoms with Gasteiger partial charge in [-0.2, -0.15) is 0 Å². The molecule has 114 valence electrons. The van der Waals surface area contributed by atoms with Crippen LogP contribution in [0.1, 0.15) is 35.7 Å². The summed E-state index contributed by atoms with van der Waals surface area (Å²) in [6.45, 7) is 3.94. The number of oxime groups is 1. The smallest absolute Gasteiger partial charge is 0.253 e. The Balaban J connectivity index is 2.13. The zero-order valence-electron chi connectivity index (χ0n) is 12.2. The van der Waals surface area contributed by atoms with Crippen LogP contribution in [0.25, 0.3) is 0 Å². The second kappa shape index (κ2) is 7.08. The fourth-order valence-corrected chi connectivity index (χ4v) is 2.44. The predicted molar refractivity (Wildman–Crippen MR) is 79.5 cm³/mol. The summed E-state index contributed by atoms with van der Waals surface area (Å²) in [6.07, 6.45) is 2.17. The normalized spacial score (nSPS) is 18.7. The number of carbonyl (C=O) groups is 1. The fraction of sp³-hybridized carbons (Fsp3) is 0.467. The lowest BCUT2D eigenvalue weighted by Gasteiger charge is -2.24. The molecule has 1 fully saturated rings. The van der Waals surface area contributed by atoms with Crippen LogP contribution in [0.2, 0.25) is 0 Å². The molecule has 21 heavy (non-hydrogen) atoms. The first kappa shape index (κ1) is 15.3. The minimum atomic E-state index is -0.0689. The quantitative estimate of drug-likeness (QED) is 0.372. The number of carbonyl (C=O) groups excluding carboxylic acids is 1. The molecule has 6 nitrogen and oxygen atoms in total. The number of ether oxygens (including phenoxy) is 1. The molecule has 1 aromatic carbocycles. The highest BCUT2D eigenvalue weighted by Gasteiger charge is 2.22. The number of amides is 1. The van der Waals surface area contributed by atoms with Crippen LogP contribution in [-0.2, 0) is 4.74 Å². The lowest BCUT2D eigenvalue weighted by Crippen LogP contribution is -2.37. The minimum Gasteiger partial charge on any atom is -0.409 e. The number of amidine groups is 1. The first-order valence-electron chi connectivity index (χ1n) is 7.14. The van der Waals surface area contributed by atoms with Gasteiger partial charge >= 0.3 is 0 Å². The van der Waals surface area contributed by atoms with Crippen LogP contribution < -0.4 is 5.73 Å². The molecule has 0 spiro atoms. The first-order chi connectivity index (χ1) is 10.2. The van der Waals surface area contributed by atoms with Crippen LogP contribution in [-0.4, -0.2) is 47.7 Å². The molecule has 0 aromatic heterocycles. The van der Waals surface area contributed by atoms with Crippen molar-refractivity contribution in [1.82, 2.24) is 4.90 Å². The Morgan fingerprint density at radius 3 is 2.90 bits per heavy atom. The van der Waals surface area contributed by atoms with Crippen LogP contribution in [0.4, 0.5) is 0 Å². The number of likely N-dealkylation sites (N-methyl/N-ethyl adjacent to an activating group) is 1. The van der Waals surface area contributed by atoms with E-state index in [4.69, 9.17) is 15.7 Å². The Morgan fingerprint density at radius 2 is 2.29 bits per heavy atom. The van der Waals surface area contributed by atoms with Crippen LogP contribution in [0.5, 0.6) is 0 Å². The number of nitrogens with two attached hydrogens (primary N) is 1. The second-order valence-corrected chi connectivity index (χ2v) is 5.04. The van der Waals surface area contributed by atoms with Crippen LogP contribution >= 0.6 is 0 Å². The summed E-state index contributed by atoms with van der Waals surface area (Å²) in [4.78, 5) is 14.3. The number of hydrogen-bond acceptors (Lipinski definition) is 4. The van der Waals surface area contributed by atoms with Gasteiger partial charge in [0.1, 0.15) is 0 Å². The molecule has 1 aromatic rings. The fourth-order valence-electron chi connectivity index (χ4n) is 2.44. The maximum absolute atomic E-state index is 12.6. The van der Waals surface area contributed by atoms with E-state index >= 15 is 0 Å². The van der Waals surface area contributed by atoms with Crippen molar-refractivity contribution in [3.63, 3.8) is 0 Å². The molecule has 1 heterocycles. The Hall–Kier alpha value is -2.08. The third-order valence-corrected chi connectivity index (χ3v) is 3.63. The van der Waals surface area contributed by atoms with Gasteiger partial charge in [0.2, 0.25) is 0 Å². The van der Waals surface area contributed by atoms with Gasteiger partial charge in [-0.25, -0.2) is 0 Å². The van der Waals surface area contributed by atoms with E-state index in [-0.39, 0.29) is 17.8 Å². The van der Waals surface area contributed by atoms with E-state index in [1.54, 1.807) is 29.2 Å². The van der Waals surface area contributed by atoms with Crippen molar-refractivity contribution in [3.05, 3.63) is 35.4 Å². The van der Waals surface area contributed by atoms with Gasteiger partial charge in [0, 0.05) is 30.8 Å². The van der Waals surface area contributed by atoms with Crippen molar-refractivity contribution in [2.45, 2.75) is 25.9 Å². The zero-order valence-corrected chi connectivity index (χ0v) is 12.2. The van der Waals surface area contributed by atoms with Crippen LogP contribution in [0.3, 0.4) is 0 Å². The highest BCUT2D eigenvalue weighted by atomic mass is 16.5. The molecular formula is C15H21N3O3. The Kier molecular flexibility index (Phi) is 5.16. The van der Waals surface area contributed by atoms with Crippen molar-refractivity contribution < 1.29 is 14.7 Å².